The number of halogens is 3. The molecule has 2 aliphatic heterocycles. The Morgan fingerprint density at radius 1 is 0.895 bits per heavy atom. The molecule has 6 nitrogen and oxygen atoms in total. The van der Waals surface area contributed by atoms with Gasteiger partial charge in [-0.25, -0.2) is 0 Å². The maximum absolute atomic E-state index is 13.2. The van der Waals surface area contributed by atoms with E-state index < -0.39 is 6.36 Å². The number of carbonyl (C=O) groups excluding carboxylic acids is 2. The minimum absolute atomic E-state index is 0.00559. The molecule has 1 N–H and O–H groups in total. The van der Waals surface area contributed by atoms with E-state index >= 15 is 0 Å². The van der Waals surface area contributed by atoms with Crippen molar-refractivity contribution in [1.82, 2.24) is 15.1 Å². The molecule has 0 aromatic heterocycles. The van der Waals surface area contributed by atoms with Gasteiger partial charge in [0.2, 0.25) is 5.91 Å². The third-order valence-electron chi connectivity index (χ3n) is 7.87. The van der Waals surface area contributed by atoms with Crippen molar-refractivity contribution in [1.29, 1.82) is 0 Å². The van der Waals surface area contributed by atoms with Crippen molar-refractivity contribution in [3.8, 4) is 5.75 Å². The second-order valence-electron chi connectivity index (χ2n) is 10.6. The monoisotopic (exact) mass is 529 g/mol. The average molecular weight is 530 g/mol. The van der Waals surface area contributed by atoms with Gasteiger partial charge in [-0.05, 0) is 73.8 Å². The summed E-state index contributed by atoms with van der Waals surface area (Å²) in [6.07, 6.45) is 1.15. The lowest BCUT2D eigenvalue weighted by Gasteiger charge is -2.42. The molecule has 0 atom stereocenters. The van der Waals surface area contributed by atoms with Crippen LogP contribution in [0.1, 0.15) is 65.9 Å². The Labute approximate surface area is 221 Å². The molecule has 2 saturated heterocycles. The summed E-state index contributed by atoms with van der Waals surface area (Å²) in [6.45, 7) is 3.28. The lowest BCUT2D eigenvalue weighted by Crippen LogP contribution is -2.52. The molecular formula is C29H34F3N3O3. The lowest BCUT2D eigenvalue weighted by atomic mass is 9.96. The smallest absolute Gasteiger partial charge is 0.406 e. The van der Waals surface area contributed by atoms with E-state index in [0.717, 1.165) is 57.4 Å². The van der Waals surface area contributed by atoms with E-state index in [1.54, 1.807) is 6.07 Å². The number of rotatable bonds is 7. The number of alkyl halides is 3. The molecule has 0 spiro atoms. The van der Waals surface area contributed by atoms with Gasteiger partial charge in [0.15, 0.2) is 0 Å². The fraction of sp³-hybridized carbons (Fsp3) is 0.517. The van der Waals surface area contributed by atoms with Gasteiger partial charge in [0.1, 0.15) is 5.75 Å². The zero-order valence-corrected chi connectivity index (χ0v) is 21.4. The van der Waals surface area contributed by atoms with Crippen molar-refractivity contribution in [3.05, 3.63) is 65.2 Å². The number of carbonyl (C=O) groups is 2. The Bertz CT molecular complexity index is 1140. The average Bonchev–Trinajstić information content (AvgIpc) is 3.74. The van der Waals surface area contributed by atoms with Gasteiger partial charge < -0.3 is 19.9 Å². The summed E-state index contributed by atoms with van der Waals surface area (Å²) in [4.78, 5) is 30.2. The number of ether oxygens (including phenoxy) is 1. The van der Waals surface area contributed by atoms with Gasteiger partial charge in [-0.15, -0.1) is 13.2 Å². The van der Waals surface area contributed by atoms with Gasteiger partial charge in [0.05, 0.1) is 6.42 Å². The quantitative estimate of drug-likeness (QED) is 0.555. The van der Waals surface area contributed by atoms with E-state index in [-0.39, 0.29) is 30.0 Å². The highest BCUT2D eigenvalue weighted by Gasteiger charge is 2.33. The van der Waals surface area contributed by atoms with Crippen molar-refractivity contribution in [2.24, 2.45) is 0 Å². The first kappa shape index (κ1) is 26.5. The van der Waals surface area contributed by atoms with E-state index in [1.807, 2.05) is 23.1 Å². The zero-order valence-electron chi connectivity index (χ0n) is 21.4. The summed E-state index contributed by atoms with van der Waals surface area (Å²) >= 11 is 0. The van der Waals surface area contributed by atoms with Crippen LogP contribution in [0.2, 0.25) is 0 Å². The molecule has 9 heteroatoms. The number of nitrogens with one attached hydrogen (secondary N) is 1. The van der Waals surface area contributed by atoms with Crippen LogP contribution < -0.4 is 10.1 Å². The fourth-order valence-corrected chi connectivity index (χ4v) is 5.77. The molecule has 38 heavy (non-hydrogen) atoms. The van der Waals surface area contributed by atoms with Crippen molar-refractivity contribution in [2.45, 2.75) is 69.3 Å². The molecule has 1 aliphatic carbocycles. The Morgan fingerprint density at radius 3 is 2.29 bits per heavy atom. The molecule has 204 valence electrons. The molecule has 5 rings (SSSR count). The summed E-state index contributed by atoms with van der Waals surface area (Å²) in [7, 11) is 0. The van der Waals surface area contributed by atoms with Crippen LogP contribution in [0.25, 0.3) is 0 Å². The summed E-state index contributed by atoms with van der Waals surface area (Å²) in [5, 5.41) is 3.04. The van der Waals surface area contributed by atoms with Crippen LogP contribution >= 0.6 is 0 Å². The maximum atomic E-state index is 13.2. The normalized spacial score (nSPS) is 19.8. The second-order valence-corrected chi connectivity index (χ2v) is 10.6. The molecule has 1 saturated carbocycles. The van der Waals surface area contributed by atoms with E-state index in [9.17, 15) is 22.8 Å². The molecule has 0 bridgehead atoms. The summed E-state index contributed by atoms with van der Waals surface area (Å²) in [6, 6.07) is 14.1. The van der Waals surface area contributed by atoms with Crippen LogP contribution in [0.3, 0.4) is 0 Å². The van der Waals surface area contributed by atoms with E-state index in [0.29, 0.717) is 17.5 Å². The van der Waals surface area contributed by atoms with Crippen LogP contribution in [0.15, 0.2) is 48.5 Å². The fourth-order valence-electron chi connectivity index (χ4n) is 5.77. The van der Waals surface area contributed by atoms with Crippen molar-refractivity contribution in [2.75, 3.05) is 26.2 Å². The minimum Gasteiger partial charge on any atom is -0.406 e. The molecule has 2 aromatic carbocycles. The third-order valence-corrected chi connectivity index (χ3v) is 7.87. The van der Waals surface area contributed by atoms with Gasteiger partial charge in [-0.3, -0.25) is 9.59 Å². The summed E-state index contributed by atoms with van der Waals surface area (Å²) in [5.41, 5.74) is 2.54. The molecule has 3 aliphatic rings. The predicted octanol–water partition coefficient (Wildman–Crippen LogP) is 4.89. The van der Waals surface area contributed by atoms with Crippen LogP contribution in [-0.2, 0) is 11.2 Å². The lowest BCUT2D eigenvalue weighted by molar-refractivity contribution is -0.274. The molecule has 0 radical (unpaired) electrons. The zero-order chi connectivity index (χ0) is 26.7. The van der Waals surface area contributed by atoms with Crippen molar-refractivity contribution in [3.63, 3.8) is 0 Å². The largest absolute Gasteiger partial charge is 0.573 e. The first-order chi connectivity index (χ1) is 18.2. The highest BCUT2D eigenvalue weighted by atomic mass is 19.4. The first-order valence-electron chi connectivity index (χ1n) is 13.5. The van der Waals surface area contributed by atoms with Gasteiger partial charge in [0.25, 0.3) is 5.91 Å². The van der Waals surface area contributed by atoms with Crippen molar-refractivity contribution < 1.29 is 27.5 Å². The predicted molar refractivity (Wildman–Crippen MR) is 137 cm³/mol. The highest BCUT2D eigenvalue weighted by molar-refractivity contribution is 5.96. The number of benzene rings is 2. The number of nitrogens with zero attached hydrogens (tertiary/aromatic N) is 2. The van der Waals surface area contributed by atoms with E-state index in [1.165, 1.54) is 36.6 Å². The van der Waals surface area contributed by atoms with Gasteiger partial charge in [-0.2, -0.15) is 0 Å². The number of hydrogen-bond donors (Lipinski definition) is 1. The highest BCUT2D eigenvalue weighted by Crippen LogP contribution is 2.42. The third kappa shape index (κ3) is 6.87. The van der Waals surface area contributed by atoms with Gasteiger partial charge >= 0.3 is 6.36 Å². The molecule has 0 unspecified atom stereocenters. The van der Waals surface area contributed by atoms with Gasteiger partial charge in [0, 0.05) is 43.8 Å². The van der Waals surface area contributed by atoms with Crippen LogP contribution in [0.4, 0.5) is 13.2 Å². The number of piperidine rings is 2. The molecule has 3 fully saturated rings. The Morgan fingerprint density at radius 2 is 1.61 bits per heavy atom. The van der Waals surface area contributed by atoms with E-state index in [2.05, 4.69) is 21.0 Å². The summed E-state index contributed by atoms with van der Waals surface area (Å²) < 4.78 is 41.3. The maximum Gasteiger partial charge on any atom is 0.573 e. The first-order valence-corrected chi connectivity index (χ1v) is 13.5. The SMILES string of the molecule is O=C(Cc1cccc(OC(F)(F)F)c1)NC1CCN(C2CCN(C(=O)c3ccccc3C3CC3)CC2)CC1. The van der Waals surface area contributed by atoms with Crippen LogP contribution in [0, 0.1) is 0 Å². The number of hydrogen-bond acceptors (Lipinski definition) is 4. The second kappa shape index (κ2) is 11.4. The Hall–Kier alpha value is -3.07. The number of amides is 2. The molecule has 2 heterocycles. The van der Waals surface area contributed by atoms with Crippen LogP contribution in [-0.4, -0.2) is 66.2 Å². The van der Waals surface area contributed by atoms with E-state index in [4.69, 9.17) is 0 Å². The van der Waals surface area contributed by atoms with Crippen LogP contribution in [0.5, 0.6) is 5.75 Å². The summed E-state index contributed by atoms with van der Waals surface area (Å²) in [5.74, 6) is 0.174. The Kier molecular flexibility index (Phi) is 7.93. The molecule has 2 aromatic rings. The molecule has 2 amide bonds. The Balaban J connectivity index is 1.05. The van der Waals surface area contributed by atoms with Crippen molar-refractivity contribution >= 4 is 11.8 Å². The van der Waals surface area contributed by atoms with Gasteiger partial charge in [-0.1, -0.05) is 30.3 Å². The molecular weight excluding hydrogens is 495 g/mol. The number of likely N-dealkylation sites (tertiary alicyclic amines) is 2. The standard InChI is InChI=1S/C29H34F3N3O3/c30-29(31,32)38-24-5-3-4-20(18-24)19-27(36)33-22-10-14-34(15-11-22)23-12-16-35(17-13-23)28(37)26-7-2-1-6-25(26)21-8-9-21/h1-7,18,21-23H,8-17,19H2,(H,33,36). The topological polar surface area (TPSA) is 61.9 Å². The minimum atomic E-state index is -4.76.